The number of aromatic nitrogens is 2. The minimum Gasteiger partial charge on any atom is -0.393 e. The SMILES string of the molecule is CCn1ncc(Br)c1C1CCC(O)C1C. The van der Waals surface area contributed by atoms with Gasteiger partial charge in [-0.3, -0.25) is 4.68 Å². The van der Waals surface area contributed by atoms with Crippen molar-refractivity contribution in [2.45, 2.75) is 45.3 Å². The monoisotopic (exact) mass is 272 g/mol. The summed E-state index contributed by atoms with van der Waals surface area (Å²) in [4.78, 5) is 0. The number of hydrogen-bond donors (Lipinski definition) is 1. The number of aliphatic hydroxyl groups is 1. The lowest BCUT2D eigenvalue weighted by atomic mass is 9.93. The number of halogens is 1. The first-order valence-corrected chi connectivity index (χ1v) is 6.33. The van der Waals surface area contributed by atoms with E-state index in [4.69, 9.17) is 0 Å². The Balaban J connectivity index is 2.32. The second-order valence-electron chi connectivity index (χ2n) is 4.30. The first-order valence-electron chi connectivity index (χ1n) is 5.54. The Kier molecular flexibility index (Phi) is 3.16. The van der Waals surface area contributed by atoms with Crippen LogP contribution in [0.2, 0.25) is 0 Å². The fourth-order valence-corrected chi connectivity index (χ4v) is 3.11. The number of aryl methyl sites for hydroxylation is 1. The molecule has 1 aliphatic rings. The Labute approximate surface area is 98.6 Å². The second kappa shape index (κ2) is 4.26. The second-order valence-corrected chi connectivity index (χ2v) is 5.16. The zero-order valence-electron chi connectivity index (χ0n) is 9.15. The maximum Gasteiger partial charge on any atom is 0.0635 e. The molecule has 0 aromatic carbocycles. The fourth-order valence-electron chi connectivity index (χ4n) is 2.52. The lowest BCUT2D eigenvalue weighted by molar-refractivity contribution is 0.135. The largest absolute Gasteiger partial charge is 0.393 e. The first-order chi connectivity index (χ1) is 7.15. The number of hydrogen-bond acceptors (Lipinski definition) is 2. The van der Waals surface area contributed by atoms with E-state index in [0.717, 1.165) is 23.9 Å². The molecule has 15 heavy (non-hydrogen) atoms. The summed E-state index contributed by atoms with van der Waals surface area (Å²) in [6.07, 6.45) is 3.68. The minimum atomic E-state index is -0.151. The Hall–Kier alpha value is -0.350. The zero-order chi connectivity index (χ0) is 11.0. The standard InChI is InChI=1S/C11H17BrN2O/c1-3-14-11(9(12)6-13-14)8-4-5-10(15)7(8)2/h6-8,10,15H,3-5H2,1-2H3. The van der Waals surface area contributed by atoms with Crippen molar-refractivity contribution in [2.24, 2.45) is 5.92 Å². The molecule has 0 amide bonds. The first kappa shape index (κ1) is 11.1. The van der Waals surface area contributed by atoms with Crippen molar-refractivity contribution >= 4 is 15.9 Å². The highest BCUT2D eigenvalue weighted by Gasteiger charge is 2.35. The molecule has 0 aliphatic heterocycles. The van der Waals surface area contributed by atoms with Crippen LogP contribution in [0.15, 0.2) is 10.7 Å². The van der Waals surface area contributed by atoms with E-state index < -0.39 is 0 Å². The molecule has 0 spiro atoms. The molecule has 1 aromatic rings. The summed E-state index contributed by atoms with van der Waals surface area (Å²) in [6, 6.07) is 0. The number of aliphatic hydroxyl groups excluding tert-OH is 1. The summed E-state index contributed by atoms with van der Waals surface area (Å²) >= 11 is 3.55. The van der Waals surface area contributed by atoms with Crippen LogP contribution in [-0.4, -0.2) is 21.0 Å². The summed E-state index contributed by atoms with van der Waals surface area (Å²) in [7, 11) is 0. The van der Waals surface area contributed by atoms with Crippen molar-refractivity contribution in [1.82, 2.24) is 9.78 Å². The fraction of sp³-hybridized carbons (Fsp3) is 0.727. The third-order valence-electron chi connectivity index (χ3n) is 3.50. The van der Waals surface area contributed by atoms with Gasteiger partial charge in [0.25, 0.3) is 0 Å². The molecule has 3 unspecified atom stereocenters. The van der Waals surface area contributed by atoms with Crippen LogP contribution in [0.25, 0.3) is 0 Å². The Morgan fingerprint density at radius 1 is 1.60 bits per heavy atom. The van der Waals surface area contributed by atoms with E-state index in [1.54, 1.807) is 0 Å². The normalized spacial score (nSPS) is 31.1. The topological polar surface area (TPSA) is 38.0 Å². The van der Waals surface area contributed by atoms with Crippen LogP contribution in [-0.2, 0) is 6.54 Å². The highest BCUT2D eigenvalue weighted by atomic mass is 79.9. The van der Waals surface area contributed by atoms with Crippen LogP contribution in [0.5, 0.6) is 0 Å². The van der Waals surface area contributed by atoms with E-state index in [9.17, 15) is 5.11 Å². The Bertz CT molecular complexity index is 350. The van der Waals surface area contributed by atoms with Crippen LogP contribution in [0.1, 0.15) is 38.3 Å². The molecule has 1 heterocycles. The molecular weight excluding hydrogens is 256 g/mol. The summed E-state index contributed by atoms with van der Waals surface area (Å²) in [6.45, 7) is 5.11. The molecule has 84 valence electrons. The van der Waals surface area contributed by atoms with Gasteiger partial charge >= 0.3 is 0 Å². The van der Waals surface area contributed by atoms with Crippen LogP contribution >= 0.6 is 15.9 Å². The summed E-state index contributed by atoms with van der Waals surface area (Å²) in [5.74, 6) is 0.778. The third-order valence-corrected chi connectivity index (χ3v) is 4.11. The van der Waals surface area contributed by atoms with Crippen LogP contribution in [0.4, 0.5) is 0 Å². The van der Waals surface area contributed by atoms with Crippen molar-refractivity contribution in [3.8, 4) is 0 Å². The van der Waals surface area contributed by atoms with Gasteiger partial charge in [-0.05, 0) is 41.6 Å². The van der Waals surface area contributed by atoms with Gasteiger partial charge < -0.3 is 5.11 Å². The lowest BCUT2D eigenvalue weighted by Gasteiger charge is -2.19. The van der Waals surface area contributed by atoms with Crippen molar-refractivity contribution in [1.29, 1.82) is 0 Å². The average Bonchev–Trinajstić information content (AvgIpc) is 2.73. The van der Waals surface area contributed by atoms with E-state index in [0.29, 0.717) is 11.8 Å². The van der Waals surface area contributed by atoms with Gasteiger partial charge in [0.2, 0.25) is 0 Å². The van der Waals surface area contributed by atoms with Gasteiger partial charge in [0.15, 0.2) is 0 Å². The van der Waals surface area contributed by atoms with Gasteiger partial charge in [0.1, 0.15) is 0 Å². The molecule has 1 aliphatic carbocycles. The van der Waals surface area contributed by atoms with Crippen molar-refractivity contribution < 1.29 is 5.11 Å². The van der Waals surface area contributed by atoms with Gasteiger partial charge in [-0.1, -0.05) is 6.92 Å². The van der Waals surface area contributed by atoms with Gasteiger partial charge in [-0.15, -0.1) is 0 Å². The molecule has 1 aromatic heterocycles. The lowest BCUT2D eigenvalue weighted by Crippen LogP contribution is -2.17. The molecule has 3 atom stereocenters. The van der Waals surface area contributed by atoms with Crippen LogP contribution in [0.3, 0.4) is 0 Å². The molecule has 4 heteroatoms. The molecule has 0 radical (unpaired) electrons. The van der Waals surface area contributed by atoms with Crippen molar-refractivity contribution in [3.63, 3.8) is 0 Å². The van der Waals surface area contributed by atoms with E-state index in [-0.39, 0.29) is 6.10 Å². The van der Waals surface area contributed by atoms with Crippen molar-refractivity contribution in [2.75, 3.05) is 0 Å². The molecular formula is C11H17BrN2O. The smallest absolute Gasteiger partial charge is 0.0635 e. The maximum absolute atomic E-state index is 9.78. The molecule has 2 rings (SSSR count). The summed E-state index contributed by atoms with van der Waals surface area (Å²) in [5, 5.41) is 14.1. The summed E-state index contributed by atoms with van der Waals surface area (Å²) < 4.78 is 3.11. The Morgan fingerprint density at radius 3 is 2.87 bits per heavy atom. The molecule has 1 saturated carbocycles. The van der Waals surface area contributed by atoms with Crippen LogP contribution in [0, 0.1) is 5.92 Å². The van der Waals surface area contributed by atoms with Gasteiger partial charge in [-0.25, -0.2) is 0 Å². The van der Waals surface area contributed by atoms with Gasteiger partial charge in [0.05, 0.1) is 22.5 Å². The summed E-state index contributed by atoms with van der Waals surface area (Å²) in [5.41, 5.74) is 1.25. The Morgan fingerprint density at radius 2 is 2.33 bits per heavy atom. The van der Waals surface area contributed by atoms with Crippen molar-refractivity contribution in [3.05, 3.63) is 16.4 Å². The van der Waals surface area contributed by atoms with E-state index in [1.165, 1.54) is 5.69 Å². The maximum atomic E-state index is 9.78. The molecule has 1 fully saturated rings. The van der Waals surface area contributed by atoms with E-state index in [1.807, 2.05) is 10.9 Å². The van der Waals surface area contributed by atoms with E-state index in [2.05, 4.69) is 34.9 Å². The number of rotatable bonds is 2. The molecule has 0 saturated heterocycles. The number of nitrogens with zero attached hydrogens (tertiary/aromatic N) is 2. The third kappa shape index (κ3) is 1.85. The molecule has 0 bridgehead atoms. The van der Waals surface area contributed by atoms with E-state index >= 15 is 0 Å². The highest BCUT2D eigenvalue weighted by molar-refractivity contribution is 9.10. The molecule has 1 N–H and O–H groups in total. The van der Waals surface area contributed by atoms with Gasteiger partial charge in [0, 0.05) is 12.5 Å². The highest BCUT2D eigenvalue weighted by Crippen LogP contribution is 2.41. The minimum absolute atomic E-state index is 0.151. The predicted octanol–water partition coefficient (Wildman–Crippen LogP) is 2.54. The van der Waals surface area contributed by atoms with Gasteiger partial charge in [-0.2, -0.15) is 5.10 Å². The quantitative estimate of drug-likeness (QED) is 0.899. The predicted molar refractivity (Wildman–Crippen MR) is 62.7 cm³/mol. The zero-order valence-corrected chi connectivity index (χ0v) is 10.7. The van der Waals surface area contributed by atoms with Crippen LogP contribution < -0.4 is 0 Å². The molecule has 3 nitrogen and oxygen atoms in total. The average molecular weight is 273 g/mol.